The predicted molar refractivity (Wildman–Crippen MR) is 169 cm³/mol. The third kappa shape index (κ3) is 5.33. The zero-order valence-corrected chi connectivity index (χ0v) is 25.7. The first-order chi connectivity index (χ1) is 21.7. The quantitative estimate of drug-likeness (QED) is 0.268. The zero-order valence-electron chi connectivity index (χ0n) is 24.8. The molecule has 0 spiro atoms. The van der Waals surface area contributed by atoms with Crippen LogP contribution in [0.5, 0.6) is 11.8 Å². The maximum absolute atomic E-state index is 14.9. The van der Waals surface area contributed by atoms with Gasteiger partial charge in [0.2, 0.25) is 0 Å². The number of aromatic hydroxyl groups is 1. The van der Waals surface area contributed by atoms with E-state index in [1.807, 2.05) is 4.90 Å². The van der Waals surface area contributed by atoms with Gasteiger partial charge in [0.25, 0.3) is 0 Å². The van der Waals surface area contributed by atoms with Crippen molar-refractivity contribution in [2.45, 2.75) is 51.4 Å². The van der Waals surface area contributed by atoms with Crippen molar-refractivity contribution < 1.29 is 23.0 Å². The van der Waals surface area contributed by atoms with Gasteiger partial charge in [-0.1, -0.05) is 12.1 Å². The summed E-state index contributed by atoms with van der Waals surface area (Å²) in [7, 11) is 1.45. The lowest BCUT2D eigenvalue weighted by atomic mass is 9.98. The largest absolute Gasteiger partial charge is 0.508 e. The van der Waals surface area contributed by atoms with Crippen molar-refractivity contribution in [1.82, 2.24) is 19.9 Å². The molecule has 13 heteroatoms. The van der Waals surface area contributed by atoms with Gasteiger partial charge in [0.15, 0.2) is 10.9 Å². The van der Waals surface area contributed by atoms with Crippen LogP contribution in [0.3, 0.4) is 0 Å². The van der Waals surface area contributed by atoms with Crippen LogP contribution >= 0.6 is 11.3 Å². The number of rotatable bonds is 3. The Kier molecular flexibility index (Phi) is 7.52. The Bertz CT molecular complexity index is 1990. The van der Waals surface area contributed by atoms with E-state index in [1.54, 1.807) is 19.1 Å². The summed E-state index contributed by atoms with van der Waals surface area (Å²) in [4.78, 5) is 32.0. The number of nitrogens with two attached hydrogens (primary N) is 1. The maximum atomic E-state index is 14.9. The number of thiazole rings is 1. The molecule has 0 amide bonds. The Labute approximate surface area is 261 Å². The van der Waals surface area contributed by atoms with Gasteiger partial charge in [-0.2, -0.15) is 9.97 Å². The summed E-state index contributed by atoms with van der Waals surface area (Å²) in [5.74, 6) is -0.0936. The fraction of sp³-hybridized carbons (Fsp3) is 0.375. The molecule has 3 N–H and O–H groups in total. The van der Waals surface area contributed by atoms with Crippen molar-refractivity contribution in [2.24, 2.45) is 0 Å². The van der Waals surface area contributed by atoms with E-state index in [0.717, 1.165) is 23.5 Å². The Morgan fingerprint density at radius 3 is 2.82 bits per heavy atom. The molecule has 2 saturated heterocycles. The Balaban J connectivity index is 0.000000308. The molecule has 0 saturated carbocycles. The lowest BCUT2D eigenvalue weighted by molar-refractivity contribution is 0.292. The Morgan fingerprint density at radius 1 is 1.18 bits per heavy atom. The standard InChI is InChI=1S/C25H20FN5O4S.C7H12FN/c1-11-20-19(22(30-25(29-20)34-2)31-7-6-16-17(10-31)36-24(27)28-16)23(33)35-21(11)14-9-13(32)8-12-4-3-5-15(26)18(12)14;8-6-4-7-2-1-3-9(7)5-6/h3-5,8-9,32H,6-7,10H2,1-2H3,(H2,27,28);6-7H,1-5H2. The normalized spacial score (nSPS) is 19.4. The first-order valence-electron chi connectivity index (χ1n) is 14.9. The molecule has 3 aliphatic heterocycles. The molecule has 234 valence electrons. The lowest BCUT2D eigenvalue weighted by Crippen LogP contribution is -2.31. The van der Waals surface area contributed by atoms with E-state index in [9.17, 15) is 18.7 Å². The number of ether oxygens (including phenoxy) is 1. The van der Waals surface area contributed by atoms with Gasteiger partial charge in [-0.05, 0) is 56.3 Å². The van der Waals surface area contributed by atoms with Crippen LogP contribution in [0.2, 0.25) is 0 Å². The highest BCUT2D eigenvalue weighted by Crippen LogP contribution is 2.39. The van der Waals surface area contributed by atoms with Crippen molar-refractivity contribution in [3.8, 4) is 23.1 Å². The Morgan fingerprint density at radius 2 is 2.02 bits per heavy atom. The van der Waals surface area contributed by atoms with Gasteiger partial charge in [0, 0.05) is 46.9 Å². The molecule has 0 radical (unpaired) electrons. The fourth-order valence-corrected chi connectivity index (χ4v) is 7.66. The third-order valence-corrected chi connectivity index (χ3v) is 9.72. The average molecular weight is 635 g/mol. The van der Waals surface area contributed by atoms with Crippen molar-refractivity contribution in [3.63, 3.8) is 0 Å². The van der Waals surface area contributed by atoms with Crippen LogP contribution in [0.25, 0.3) is 33.0 Å². The third-order valence-electron chi connectivity index (χ3n) is 8.81. The van der Waals surface area contributed by atoms with Crippen LogP contribution in [0.1, 0.15) is 35.4 Å². The maximum Gasteiger partial charge on any atom is 0.349 e. The summed E-state index contributed by atoms with van der Waals surface area (Å²) in [6.07, 6.45) is 3.46. The fourth-order valence-electron chi connectivity index (χ4n) is 6.76. The van der Waals surface area contributed by atoms with Gasteiger partial charge in [0.1, 0.15) is 28.9 Å². The van der Waals surface area contributed by atoms with E-state index in [1.165, 1.54) is 49.5 Å². The van der Waals surface area contributed by atoms with Crippen molar-refractivity contribution in [2.75, 3.05) is 37.4 Å². The van der Waals surface area contributed by atoms with Crippen LogP contribution in [0.15, 0.2) is 39.5 Å². The smallest absolute Gasteiger partial charge is 0.349 e. The molecule has 0 bridgehead atoms. The monoisotopic (exact) mass is 634 g/mol. The van der Waals surface area contributed by atoms with Crippen LogP contribution in [-0.2, 0) is 13.0 Å². The number of nitrogen functional groups attached to an aromatic ring is 1. The predicted octanol–water partition coefficient (Wildman–Crippen LogP) is 5.36. The molecular formula is C32H32F2N6O4S. The zero-order chi connectivity index (χ0) is 31.4. The second-order valence-corrected chi connectivity index (χ2v) is 12.8. The van der Waals surface area contributed by atoms with Crippen LogP contribution < -0.4 is 21.0 Å². The summed E-state index contributed by atoms with van der Waals surface area (Å²) in [5, 5.41) is 11.7. The molecule has 2 atom stereocenters. The number of anilines is 2. The lowest BCUT2D eigenvalue weighted by Gasteiger charge is -2.28. The number of fused-ring (bicyclic) bond motifs is 4. The van der Waals surface area contributed by atoms with Gasteiger partial charge in [-0.15, -0.1) is 11.3 Å². The van der Waals surface area contributed by atoms with Gasteiger partial charge in [0.05, 0.1) is 24.9 Å². The number of phenols is 1. The number of hydrogen-bond donors (Lipinski definition) is 2. The molecule has 8 rings (SSSR count). The molecule has 2 fully saturated rings. The number of halogens is 2. The molecule has 10 nitrogen and oxygen atoms in total. The highest BCUT2D eigenvalue weighted by Gasteiger charge is 2.34. The highest BCUT2D eigenvalue weighted by atomic mass is 32.1. The first-order valence-corrected chi connectivity index (χ1v) is 15.7. The molecule has 3 aliphatic rings. The van der Waals surface area contributed by atoms with Gasteiger partial charge >= 0.3 is 11.6 Å². The number of alkyl halides is 1. The second-order valence-electron chi connectivity index (χ2n) is 11.6. The van der Waals surface area contributed by atoms with Crippen molar-refractivity contribution in [1.29, 1.82) is 0 Å². The Hall–Kier alpha value is -4.36. The number of nitrogens with zero attached hydrogens (tertiary/aromatic N) is 5. The van der Waals surface area contributed by atoms with E-state index < -0.39 is 17.6 Å². The number of methoxy groups -OCH3 is 1. The first kappa shape index (κ1) is 29.4. The van der Waals surface area contributed by atoms with Crippen LogP contribution in [0, 0.1) is 12.7 Å². The van der Waals surface area contributed by atoms with Crippen LogP contribution in [0.4, 0.5) is 19.7 Å². The summed E-state index contributed by atoms with van der Waals surface area (Å²) in [6.45, 7) is 4.62. The molecular weight excluding hydrogens is 602 g/mol. The molecule has 0 aliphatic carbocycles. The molecule has 45 heavy (non-hydrogen) atoms. The SMILES string of the molecule is COc1nc(N2CCc3nc(N)sc3C2)c2c(=O)oc(-c3cc(O)cc4cccc(F)c34)c(C)c2n1.FC1CC2CCCN2C1. The summed E-state index contributed by atoms with van der Waals surface area (Å²) < 4.78 is 38.7. The highest BCUT2D eigenvalue weighted by molar-refractivity contribution is 7.15. The summed E-state index contributed by atoms with van der Waals surface area (Å²) in [5.41, 5.74) is 7.22. The van der Waals surface area contributed by atoms with E-state index >= 15 is 0 Å². The number of aromatic nitrogens is 3. The van der Waals surface area contributed by atoms with Crippen molar-refractivity contribution in [3.05, 3.63) is 62.7 Å². The molecule has 2 aromatic carbocycles. The number of phenolic OH excluding ortho intramolecular Hbond substituents is 1. The summed E-state index contributed by atoms with van der Waals surface area (Å²) in [6, 6.07) is 8.07. The minimum Gasteiger partial charge on any atom is -0.508 e. The minimum atomic E-state index is -0.675. The number of hydrogen-bond acceptors (Lipinski definition) is 11. The summed E-state index contributed by atoms with van der Waals surface area (Å²) >= 11 is 1.40. The van der Waals surface area contributed by atoms with E-state index in [2.05, 4.69) is 19.9 Å². The van der Waals surface area contributed by atoms with Gasteiger partial charge < -0.3 is 24.9 Å². The van der Waals surface area contributed by atoms with E-state index in [0.29, 0.717) is 59.5 Å². The van der Waals surface area contributed by atoms with E-state index in [-0.39, 0.29) is 33.9 Å². The van der Waals surface area contributed by atoms with Gasteiger partial charge in [-0.3, -0.25) is 4.90 Å². The average Bonchev–Trinajstić information content (AvgIpc) is 3.71. The number of aryl methyl sites for hydroxylation is 1. The molecule has 5 aromatic rings. The number of benzene rings is 2. The van der Waals surface area contributed by atoms with E-state index in [4.69, 9.17) is 14.9 Å². The second kappa shape index (κ2) is 11.5. The van der Waals surface area contributed by atoms with Crippen molar-refractivity contribution >= 4 is 44.0 Å². The van der Waals surface area contributed by atoms with Gasteiger partial charge in [-0.25, -0.2) is 18.6 Å². The minimum absolute atomic E-state index is 0.0821. The van der Waals surface area contributed by atoms with Crippen LogP contribution in [-0.4, -0.2) is 63.9 Å². The molecule has 2 unspecified atom stereocenters. The topological polar surface area (TPSA) is 131 Å². The molecule has 3 aromatic heterocycles. The molecule has 6 heterocycles.